The van der Waals surface area contributed by atoms with E-state index in [9.17, 15) is 4.79 Å². The van der Waals surface area contributed by atoms with E-state index in [2.05, 4.69) is 49.4 Å². The van der Waals surface area contributed by atoms with Crippen molar-refractivity contribution in [3.05, 3.63) is 59.0 Å². The molecule has 1 aliphatic rings. The third kappa shape index (κ3) is 2.61. The van der Waals surface area contributed by atoms with Crippen molar-refractivity contribution in [2.75, 3.05) is 0 Å². The molecule has 0 saturated heterocycles. The van der Waals surface area contributed by atoms with E-state index in [1.54, 1.807) is 0 Å². The van der Waals surface area contributed by atoms with E-state index >= 15 is 0 Å². The van der Waals surface area contributed by atoms with Crippen LogP contribution in [-0.4, -0.2) is 9.13 Å². The van der Waals surface area contributed by atoms with E-state index in [0.717, 1.165) is 30.5 Å². The molecule has 0 spiro atoms. The zero-order valence-corrected chi connectivity index (χ0v) is 13.5. The van der Waals surface area contributed by atoms with E-state index in [1.807, 2.05) is 15.2 Å². The zero-order chi connectivity index (χ0) is 15.8. The van der Waals surface area contributed by atoms with Crippen molar-refractivity contribution in [2.45, 2.75) is 39.3 Å². The smallest absolute Gasteiger partial charge is 0.292 e. The predicted molar refractivity (Wildman–Crippen MR) is 94.6 cm³/mol. The SMILES string of the molecule is CCCn1c(=O)n(CC2CC2)c2ccc(-c3ccccc3)cc21. The highest BCUT2D eigenvalue weighted by atomic mass is 16.1. The van der Waals surface area contributed by atoms with Crippen LogP contribution >= 0.6 is 0 Å². The third-order valence-electron chi connectivity index (χ3n) is 4.71. The first-order valence-corrected chi connectivity index (χ1v) is 8.56. The molecular weight excluding hydrogens is 284 g/mol. The average molecular weight is 306 g/mol. The van der Waals surface area contributed by atoms with Crippen molar-refractivity contribution in [1.29, 1.82) is 0 Å². The molecule has 2 aromatic carbocycles. The molecular formula is C20H22N2O. The Morgan fingerprint density at radius 3 is 2.43 bits per heavy atom. The molecule has 0 unspecified atom stereocenters. The van der Waals surface area contributed by atoms with Crippen molar-refractivity contribution in [3.63, 3.8) is 0 Å². The average Bonchev–Trinajstić information content (AvgIpc) is 3.37. The molecule has 1 aliphatic carbocycles. The first-order valence-electron chi connectivity index (χ1n) is 8.56. The molecule has 0 aliphatic heterocycles. The van der Waals surface area contributed by atoms with Crippen LogP contribution in [0.15, 0.2) is 53.3 Å². The van der Waals surface area contributed by atoms with Crippen LogP contribution in [0.25, 0.3) is 22.2 Å². The maximum absolute atomic E-state index is 12.8. The number of aryl methyl sites for hydroxylation is 1. The quantitative estimate of drug-likeness (QED) is 0.691. The lowest BCUT2D eigenvalue weighted by atomic mass is 10.1. The van der Waals surface area contributed by atoms with Crippen molar-refractivity contribution in [1.82, 2.24) is 9.13 Å². The van der Waals surface area contributed by atoms with Gasteiger partial charge in [0.2, 0.25) is 0 Å². The second-order valence-electron chi connectivity index (χ2n) is 6.56. The summed E-state index contributed by atoms with van der Waals surface area (Å²) in [7, 11) is 0. The summed E-state index contributed by atoms with van der Waals surface area (Å²) in [5.74, 6) is 0.696. The van der Waals surface area contributed by atoms with Gasteiger partial charge < -0.3 is 0 Å². The maximum atomic E-state index is 12.8. The van der Waals surface area contributed by atoms with Crippen molar-refractivity contribution >= 4 is 11.0 Å². The van der Waals surface area contributed by atoms with Gasteiger partial charge in [0.05, 0.1) is 11.0 Å². The number of hydrogen-bond donors (Lipinski definition) is 0. The van der Waals surface area contributed by atoms with Crippen molar-refractivity contribution in [3.8, 4) is 11.1 Å². The molecule has 0 amide bonds. The molecule has 3 aromatic rings. The fraction of sp³-hybridized carbons (Fsp3) is 0.350. The molecule has 1 saturated carbocycles. The van der Waals surface area contributed by atoms with Gasteiger partial charge >= 0.3 is 5.69 Å². The van der Waals surface area contributed by atoms with E-state index in [1.165, 1.54) is 24.0 Å². The van der Waals surface area contributed by atoms with E-state index in [-0.39, 0.29) is 5.69 Å². The number of nitrogens with zero attached hydrogens (tertiary/aromatic N) is 2. The zero-order valence-electron chi connectivity index (χ0n) is 13.5. The van der Waals surface area contributed by atoms with Gasteiger partial charge in [-0.25, -0.2) is 4.79 Å². The van der Waals surface area contributed by atoms with Crippen LogP contribution in [0.2, 0.25) is 0 Å². The Labute approximate surface area is 136 Å². The van der Waals surface area contributed by atoms with E-state index in [0.29, 0.717) is 5.92 Å². The molecule has 118 valence electrons. The number of benzene rings is 2. The molecule has 1 heterocycles. The lowest BCUT2D eigenvalue weighted by Crippen LogP contribution is -2.24. The van der Waals surface area contributed by atoms with Crippen LogP contribution in [0.1, 0.15) is 26.2 Å². The molecule has 3 nitrogen and oxygen atoms in total. The first-order chi connectivity index (χ1) is 11.3. The lowest BCUT2D eigenvalue weighted by Gasteiger charge is -2.05. The van der Waals surface area contributed by atoms with Crippen LogP contribution in [0, 0.1) is 5.92 Å². The second kappa shape index (κ2) is 5.73. The summed E-state index contributed by atoms with van der Waals surface area (Å²) in [6.45, 7) is 3.78. The molecule has 23 heavy (non-hydrogen) atoms. The van der Waals surface area contributed by atoms with Gasteiger partial charge in [-0.1, -0.05) is 43.3 Å². The second-order valence-corrected chi connectivity index (χ2v) is 6.56. The lowest BCUT2D eigenvalue weighted by molar-refractivity contribution is 0.582. The fourth-order valence-corrected chi connectivity index (χ4v) is 3.30. The molecule has 1 fully saturated rings. The molecule has 0 radical (unpaired) electrons. The number of aromatic nitrogens is 2. The monoisotopic (exact) mass is 306 g/mol. The van der Waals surface area contributed by atoms with Gasteiger partial charge in [0, 0.05) is 13.1 Å². The molecule has 1 aromatic heterocycles. The van der Waals surface area contributed by atoms with Crippen molar-refractivity contribution < 1.29 is 0 Å². The maximum Gasteiger partial charge on any atom is 0.329 e. The largest absolute Gasteiger partial charge is 0.329 e. The van der Waals surface area contributed by atoms with Crippen LogP contribution in [0.5, 0.6) is 0 Å². The summed E-state index contributed by atoms with van der Waals surface area (Å²) < 4.78 is 3.93. The van der Waals surface area contributed by atoms with Gasteiger partial charge in [-0.05, 0) is 48.4 Å². The van der Waals surface area contributed by atoms with Crippen LogP contribution in [0.4, 0.5) is 0 Å². The van der Waals surface area contributed by atoms with Gasteiger partial charge in [-0.15, -0.1) is 0 Å². The Morgan fingerprint density at radius 2 is 1.74 bits per heavy atom. The summed E-state index contributed by atoms with van der Waals surface area (Å²) in [6.07, 6.45) is 3.49. The Bertz CT molecular complexity index is 885. The molecule has 0 N–H and O–H groups in total. The summed E-state index contributed by atoms with van der Waals surface area (Å²) in [6, 6.07) is 16.8. The van der Waals surface area contributed by atoms with E-state index in [4.69, 9.17) is 0 Å². The molecule has 0 bridgehead atoms. The summed E-state index contributed by atoms with van der Waals surface area (Å²) in [5, 5.41) is 0. The van der Waals surface area contributed by atoms with Gasteiger partial charge in [-0.2, -0.15) is 0 Å². The first kappa shape index (κ1) is 14.3. The van der Waals surface area contributed by atoms with Gasteiger partial charge in [0.15, 0.2) is 0 Å². The topological polar surface area (TPSA) is 26.9 Å². The summed E-state index contributed by atoms with van der Waals surface area (Å²) in [5.41, 5.74) is 4.67. The Hall–Kier alpha value is -2.29. The highest BCUT2D eigenvalue weighted by Gasteiger charge is 2.24. The normalized spacial score (nSPS) is 14.5. The number of hydrogen-bond acceptors (Lipinski definition) is 1. The van der Waals surface area contributed by atoms with E-state index < -0.39 is 0 Å². The standard InChI is InChI=1S/C20H22N2O/c1-2-12-21-19-13-17(16-6-4-3-5-7-16)10-11-18(19)22(20(21)23)14-15-8-9-15/h3-7,10-11,13,15H,2,8-9,12,14H2,1H3. The van der Waals surface area contributed by atoms with Gasteiger partial charge in [0.25, 0.3) is 0 Å². The van der Waals surface area contributed by atoms with Crippen LogP contribution < -0.4 is 5.69 Å². The number of fused-ring (bicyclic) bond motifs is 1. The third-order valence-corrected chi connectivity index (χ3v) is 4.71. The number of imidazole rings is 1. The Morgan fingerprint density at radius 1 is 0.957 bits per heavy atom. The Kier molecular flexibility index (Phi) is 3.56. The van der Waals surface area contributed by atoms with Crippen LogP contribution in [-0.2, 0) is 13.1 Å². The minimum Gasteiger partial charge on any atom is -0.292 e. The molecule has 0 atom stereocenters. The van der Waals surface area contributed by atoms with Crippen molar-refractivity contribution in [2.24, 2.45) is 5.92 Å². The summed E-state index contributed by atoms with van der Waals surface area (Å²) in [4.78, 5) is 12.8. The molecule has 4 rings (SSSR count). The fourth-order valence-electron chi connectivity index (χ4n) is 3.30. The highest BCUT2D eigenvalue weighted by molar-refractivity contribution is 5.82. The highest BCUT2D eigenvalue weighted by Crippen LogP contribution is 2.32. The minimum absolute atomic E-state index is 0.152. The Balaban J connectivity index is 1.89. The van der Waals surface area contributed by atoms with Gasteiger partial charge in [0.1, 0.15) is 0 Å². The van der Waals surface area contributed by atoms with Crippen LogP contribution in [0.3, 0.4) is 0 Å². The minimum atomic E-state index is 0.152. The number of rotatable bonds is 5. The summed E-state index contributed by atoms with van der Waals surface area (Å²) >= 11 is 0. The predicted octanol–water partition coefficient (Wildman–Crippen LogP) is 4.29. The van der Waals surface area contributed by atoms with Gasteiger partial charge in [-0.3, -0.25) is 9.13 Å². The molecule has 3 heteroatoms.